The minimum atomic E-state index is -4.36. The summed E-state index contributed by atoms with van der Waals surface area (Å²) in [7, 11) is 0. The molecule has 0 spiro atoms. The summed E-state index contributed by atoms with van der Waals surface area (Å²) < 4.78 is 44.5. The monoisotopic (exact) mass is 366 g/mol. The molecule has 3 aromatic rings. The van der Waals surface area contributed by atoms with Gasteiger partial charge in [0.25, 0.3) is 5.56 Å². The molecule has 0 unspecified atom stereocenters. The summed E-state index contributed by atoms with van der Waals surface area (Å²) in [5, 5.41) is 2.41. The van der Waals surface area contributed by atoms with Gasteiger partial charge in [0, 0.05) is 17.6 Å². The Kier molecular flexibility index (Phi) is 4.63. The maximum atomic E-state index is 12.5. The number of alkyl halides is 3. The maximum Gasteiger partial charge on any atom is 0.416 e. The van der Waals surface area contributed by atoms with Gasteiger partial charge in [0.05, 0.1) is 11.3 Å². The van der Waals surface area contributed by atoms with Gasteiger partial charge in [-0.25, -0.2) is 4.98 Å². The molecule has 0 radical (unpaired) electrons. The molecule has 0 N–H and O–H groups in total. The highest BCUT2D eigenvalue weighted by Gasteiger charge is 2.29. The van der Waals surface area contributed by atoms with Crippen LogP contribution in [0.2, 0.25) is 0 Å². The zero-order valence-corrected chi connectivity index (χ0v) is 13.9. The summed E-state index contributed by atoms with van der Waals surface area (Å²) in [6.45, 7) is 1.91. The number of halogens is 3. The highest BCUT2D eigenvalue weighted by Crippen LogP contribution is 2.29. The van der Waals surface area contributed by atoms with Crippen LogP contribution in [-0.2, 0) is 12.8 Å². The Hall–Kier alpha value is -2.61. The van der Waals surface area contributed by atoms with Crippen LogP contribution in [-0.4, -0.2) is 9.55 Å². The van der Waals surface area contributed by atoms with Crippen molar-refractivity contribution in [2.24, 2.45) is 0 Å². The predicted molar refractivity (Wildman–Crippen MR) is 88.2 cm³/mol. The Labute approximate surface area is 145 Å². The van der Waals surface area contributed by atoms with Crippen LogP contribution in [0.4, 0.5) is 13.2 Å². The molecule has 130 valence electrons. The molecule has 25 heavy (non-hydrogen) atoms. The molecule has 0 aliphatic heterocycles. The van der Waals surface area contributed by atoms with Gasteiger partial charge in [0.15, 0.2) is 5.13 Å². The summed E-state index contributed by atoms with van der Waals surface area (Å²) in [6.07, 6.45) is -2.80. The third-order valence-corrected chi connectivity index (χ3v) is 4.35. The number of aryl methyl sites for hydroxylation is 1. The highest BCUT2D eigenvalue weighted by atomic mass is 32.1. The first-order valence-electron chi connectivity index (χ1n) is 7.27. The Morgan fingerprint density at radius 3 is 2.48 bits per heavy atom. The van der Waals surface area contributed by atoms with E-state index in [-0.39, 0.29) is 12.2 Å². The van der Waals surface area contributed by atoms with E-state index in [9.17, 15) is 18.0 Å². The number of benzene rings is 1. The number of aromatic nitrogens is 2. The van der Waals surface area contributed by atoms with Gasteiger partial charge >= 0.3 is 6.18 Å². The zero-order chi connectivity index (χ0) is 18.0. The first-order valence-corrected chi connectivity index (χ1v) is 8.15. The van der Waals surface area contributed by atoms with Crippen LogP contribution in [0.5, 0.6) is 5.75 Å². The van der Waals surface area contributed by atoms with Crippen molar-refractivity contribution in [1.82, 2.24) is 9.55 Å². The minimum absolute atomic E-state index is 0.0674. The van der Waals surface area contributed by atoms with Gasteiger partial charge in [-0.1, -0.05) is 12.1 Å². The standard InChI is InChI=1S/C17H13F3N2O2S/c1-11-10-25-16(21-11)22-7-6-14(8-15(22)23)24-9-12-2-4-13(5-3-12)17(18,19)20/h2-8,10H,9H2,1H3. The zero-order valence-electron chi connectivity index (χ0n) is 13.1. The summed E-state index contributed by atoms with van der Waals surface area (Å²) in [5.74, 6) is 0.342. The van der Waals surface area contributed by atoms with Gasteiger partial charge in [0.1, 0.15) is 12.4 Å². The summed E-state index contributed by atoms with van der Waals surface area (Å²) in [4.78, 5) is 16.4. The molecule has 8 heteroatoms. The lowest BCUT2D eigenvalue weighted by atomic mass is 10.1. The van der Waals surface area contributed by atoms with Crippen LogP contribution < -0.4 is 10.3 Å². The lowest BCUT2D eigenvalue weighted by Crippen LogP contribution is -2.16. The molecule has 0 saturated heterocycles. The second-order valence-electron chi connectivity index (χ2n) is 5.33. The molecule has 4 nitrogen and oxygen atoms in total. The van der Waals surface area contributed by atoms with E-state index in [1.165, 1.54) is 34.1 Å². The molecule has 2 aromatic heterocycles. The molecule has 0 aliphatic rings. The molecular weight excluding hydrogens is 353 g/mol. The van der Waals surface area contributed by atoms with E-state index in [1.807, 2.05) is 12.3 Å². The van der Waals surface area contributed by atoms with Crippen LogP contribution in [0.1, 0.15) is 16.8 Å². The molecular formula is C17H13F3N2O2S. The van der Waals surface area contributed by atoms with Crippen molar-refractivity contribution in [2.75, 3.05) is 0 Å². The van der Waals surface area contributed by atoms with Crippen LogP contribution in [0, 0.1) is 6.92 Å². The molecule has 0 bridgehead atoms. The van der Waals surface area contributed by atoms with Crippen LogP contribution in [0.15, 0.2) is 52.8 Å². The first kappa shape index (κ1) is 17.2. The lowest BCUT2D eigenvalue weighted by Gasteiger charge is -2.09. The van der Waals surface area contributed by atoms with E-state index in [1.54, 1.807) is 12.3 Å². The fraction of sp³-hybridized carbons (Fsp3) is 0.176. The predicted octanol–water partition coefficient (Wildman–Crippen LogP) is 4.20. The topological polar surface area (TPSA) is 44.1 Å². The Bertz CT molecular complexity index is 930. The molecule has 1 aromatic carbocycles. The highest BCUT2D eigenvalue weighted by molar-refractivity contribution is 7.12. The van der Waals surface area contributed by atoms with Crippen molar-refractivity contribution in [3.05, 3.63) is 75.1 Å². The van der Waals surface area contributed by atoms with Gasteiger partial charge in [-0.15, -0.1) is 11.3 Å². The molecule has 0 atom stereocenters. The fourth-order valence-corrected chi connectivity index (χ4v) is 2.91. The third-order valence-electron chi connectivity index (χ3n) is 3.39. The average Bonchev–Trinajstić information content (AvgIpc) is 2.99. The molecule has 0 amide bonds. The number of thiazole rings is 1. The first-order chi connectivity index (χ1) is 11.8. The van der Waals surface area contributed by atoms with E-state index >= 15 is 0 Å². The van der Waals surface area contributed by atoms with Crippen LogP contribution >= 0.6 is 11.3 Å². The molecule has 0 fully saturated rings. The largest absolute Gasteiger partial charge is 0.489 e. The van der Waals surface area contributed by atoms with Gasteiger partial charge in [-0.05, 0) is 30.7 Å². The molecule has 2 heterocycles. The van der Waals surface area contributed by atoms with E-state index in [0.29, 0.717) is 16.4 Å². The van der Waals surface area contributed by atoms with E-state index in [0.717, 1.165) is 17.8 Å². The van der Waals surface area contributed by atoms with Gasteiger partial charge in [-0.2, -0.15) is 13.2 Å². The van der Waals surface area contributed by atoms with Crippen molar-refractivity contribution in [2.45, 2.75) is 19.7 Å². The third kappa shape index (κ3) is 4.08. The molecule has 0 saturated carbocycles. The number of hydrogen-bond acceptors (Lipinski definition) is 4. The van der Waals surface area contributed by atoms with E-state index < -0.39 is 11.7 Å². The number of ether oxygens (including phenoxy) is 1. The summed E-state index contributed by atoms with van der Waals surface area (Å²) >= 11 is 1.36. The van der Waals surface area contributed by atoms with Crippen molar-refractivity contribution < 1.29 is 17.9 Å². The minimum Gasteiger partial charge on any atom is -0.489 e. The number of hydrogen-bond donors (Lipinski definition) is 0. The van der Waals surface area contributed by atoms with E-state index in [4.69, 9.17) is 4.74 Å². The smallest absolute Gasteiger partial charge is 0.416 e. The Balaban J connectivity index is 1.70. The molecule has 0 aliphatic carbocycles. The second-order valence-corrected chi connectivity index (χ2v) is 6.16. The number of pyridine rings is 1. The Morgan fingerprint density at radius 2 is 1.92 bits per heavy atom. The van der Waals surface area contributed by atoms with Gasteiger partial charge in [-0.3, -0.25) is 9.36 Å². The van der Waals surface area contributed by atoms with Crippen molar-refractivity contribution in [3.63, 3.8) is 0 Å². The van der Waals surface area contributed by atoms with Gasteiger partial charge in [0.2, 0.25) is 0 Å². The van der Waals surface area contributed by atoms with Crippen molar-refractivity contribution in [3.8, 4) is 10.9 Å². The maximum absolute atomic E-state index is 12.5. The quantitative estimate of drug-likeness (QED) is 0.695. The number of rotatable bonds is 4. The molecule has 3 rings (SSSR count). The normalized spacial score (nSPS) is 11.5. The van der Waals surface area contributed by atoms with E-state index in [2.05, 4.69) is 4.98 Å². The van der Waals surface area contributed by atoms with Crippen molar-refractivity contribution in [1.29, 1.82) is 0 Å². The number of nitrogens with zero attached hydrogens (tertiary/aromatic N) is 2. The van der Waals surface area contributed by atoms with Crippen molar-refractivity contribution >= 4 is 11.3 Å². The van der Waals surface area contributed by atoms with Gasteiger partial charge < -0.3 is 4.74 Å². The second kappa shape index (κ2) is 6.72. The summed E-state index contributed by atoms with van der Waals surface area (Å²) in [6, 6.07) is 7.64. The Morgan fingerprint density at radius 1 is 1.20 bits per heavy atom. The fourth-order valence-electron chi connectivity index (χ4n) is 2.12. The SMILES string of the molecule is Cc1csc(-n2ccc(OCc3ccc(C(F)(F)F)cc3)cc2=O)n1. The summed E-state index contributed by atoms with van der Waals surface area (Å²) in [5.41, 5.74) is 0.402. The average molecular weight is 366 g/mol. The lowest BCUT2D eigenvalue weighted by molar-refractivity contribution is -0.137. The van der Waals surface area contributed by atoms with Crippen LogP contribution in [0.3, 0.4) is 0 Å². The van der Waals surface area contributed by atoms with Crippen LogP contribution in [0.25, 0.3) is 5.13 Å².